The number of rotatable bonds is 5. The normalized spacial score (nSPS) is 10.2. The Hall–Kier alpha value is 0.690. The van der Waals surface area contributed by atoms with Gasteiger partial charge in [0.15, 0.2) is 0 Å². The molecule has 0 heterocycles. The molecule has 0 saturated carbocycles. The number of nitrogens with one attached hydrogen (secondary N) is 1. The van der Waals surface area contributed by atoms with Gasteiger partial charge in [-0.1, -0.05) is 0 Å². The molecule has 0 aromatic carbocycles. The van der Waals surface area contributed by atoms with Crippen molar-refractivity contribution in [2.24, 2.45) is 0 Å². The van der Waals surface area contributed by atoms with Gasteiger partial charge in [-0.2, -0.15) is 0 Å². The van der Waals surface area contributed by atoms with Gasteiger partial charge < -0.3 is 0 Å². The predicted molar refractivity (Wildman–Crippen MR) is 33.5 cm³/mol. The second-order valence-corrected chi connectivity index (χ2v) is 4.27. The van der Waals surface area contributed by atoms with Crippen molar-refractivity contribution in [1.29, 1.82) is 0 Å². The summed E-state index contributed by atoms with van der Waals surface area (Å²) in [5, 5.41) is 0. The molecule has 0 saturated heterocycles. The molecule has 1 N–H and O–H groups in total. The molecule has 0 atom stereocenters. The number of unbranched alkanes of at least 4 members (excludes halogenated alkanes) is 1. The van der Waals surface area contributed by atoms with Gasteiger partial charge in [0.1, 0.15) is 0 Å². The fourth-order valence-corrected chi connectivity index (χ4v) is 2.43. The summed E-state index contributed by atoms with van der Waals surface area (Å²) in [6, 6.07) is 0. The molecule has 0 aliphatic carbocycles. The van der Waals surface area contributed by atoms with E-state index in [2.05, 4.69) is 17.4 Å². The molecule has 0 bridgehead atoms. The molecule has 0 radical (unpaired) electrons. The van der Waals surface area contributed by atoms with E-state index >= 15 is 0 Å². The molecule has 0 aromatic rings. The third kappa shape index (κ3) is 6.69. The van der Waals surface area contributed by atoms with Gasteiger partial charge in [0.25, 0.3) is 0 Å². The average Bonchev–Trinajstić information content (AvgIpc) is 1.81. The fraction of sp³-hybridized carbons (Fsp3) is 1.00. The summed E-state index contributed by atoms with van der Waals surface area (Å²) < 4.78 is 4.84. The zero-order valence-electron chi connectivity index (χ0n) is 5.71. The number of hydrogen-bond acceptors (Lipinski definition) is 1. The van der Waals surface area contributed by atoms with E-state index in [9.17, 15) is 0 Å². The van der Waals surface area contributed by atoms with Crippen LogP contribution in [-0.4, -0.2) is 11.0 Å². The standard InChI is InChI=1S/C6H15IN/c1-3-5-6-7-8-4-2/h8H,3-6H2,1-2H3/q-1. The molecule has 0 aliphatic heterocycles. The van der Waals surface area contributed by atoms with Crippen molar-refractivity contribution < 1.29 is 21.5 Å². The number of hydrogen-bond donors (Lipinski definition) is 1. The van der Waals surface area contributed by atoms with E-state index in [0.717, 1.165) is 6.54 Å². The third-order valence-electron chi connectivity index (χ3n) is 0.810. The average molecular weight is 228 g/mol. The first kappa shape index (κ1) is 8.69. The van der Waals surface area contributed by atoms with Crippen molar-refractivity contribution in [1.82, 2.24) is 3.53 Å². The Balaban J connectivity index is 2.53. The van der Waals surface area contributed by atoms with Crippen LogP contribution in [0.3, 0.4) is 0 Å². The summed E-state index contributed by atoms with van der Waals surface area (Å²) in [4.78, 5) is 0. The van der Waals surface area contributed by atoms with Crippen molar-refractivity contribution >= 4 is 0 Å². The van der Waals surface area contributed by atoms with Gasteiger partial charge in [-0.15, -0.1) is 0 Å². The molecule has 1 nitrogen and oxygen atoms in total. The Morgan fingerprint density at radius 2 is 2.12 bits per heavy atom. The topological polar surface area (TPSA) is 12.0 Å². The summed E-state index contributed by atoms with van der Waals surface area (Å²) >= 11 is 0.368. The van der Waals surface area contributed by atoms with Crippen LogP contribution < -0.4 is 25.0 Å². The zero-order chi connectivity index (χ0) is 6.24. The second-order valence-electron chi connectivity index (χ2n) is 1.66. The van der Waals surface area contributed by atoms with Crippen LogP contribution in [-0.2, 0) is 0 Å². The van der Waals surface area contributed by atoms with Crippen LogP contribution in [0.5, 0.6) is 0 Å². The molecule has 2 heteroatoms. The van der Waals surface area contributed by atoms with Gasteiger partial charge in [0.2, 0.25) is 0 Å². The quantitative estimate of drug-likeness (QED) is 0.259. The molecule has 0 rings (SSSR count). The van der Waals surface area contributed by atoms with E-state index in [-0.39, 0.29) is 0 Å². The van der Waals surface area contributed by atoms with Gasteiger partial charge in [0.05, 0.1) is 0 Å². The van der Waals surface area contributed by atoms with Crippen LogP contribution in [0.25, 0.3) is 0 Å². The maximum atomic E-state index is 3.39. The molecule has 0 amide bonds. The molecule has 52 valence electrons. The van der Waals surface area contributed by atoms with Crippen molar-refractivity contribution in [3.8, 4) is 0 Å². The van der Waals surface area contributed by atoms with Crippen LogP contribution in [0.15, 0.2) is 0 Å². The summed E-state index contributed by atoms with van der Waals surface area (Å²) in [5.74, 6) is 0. The molecular formula is C6H15IN-. The Morgan fingerprint density at radius 3 is 2.62 bits per heavy atom. The maximum absolute atomic E-state index is 3.39. The summed E-state index contributed by atoms with van der Waals surface area (Å²) in [6.07, 6.45) is 2.77. The SMILES string of the molecule is CCCC[I-]NCC. The molecule has 0 spiro atoms. The van der Waals surface area contributed by atoms with Gasteiger partial charge in [-0.25, -0.2) is 0 Å². The molecular weight excluding hydrogens is 213 g/mol. The van der Waals surface area contributed by atoms with Crippen molar-refractivity contribution in [3.63, 3.8) is 0 Å². The van der Waals surface area contributed by atoms with E-state index in [1.807, 2.05) is 0 Å². The van der Waals surface area contributed by atoms with Crippen molar-refractivity contribution in [3.05, 3.63) is 0 Å². The molecule has 0 aliphatic rings. The predicted octanol–water partition coefficient (Wildman–Crippen LogP) is -1.60. The first-order valence-electron chi connectivity index (χ1n) is 3.22. The first-order chi connectivity index (χ1) is 3.91. The third-order valence-corrected chi connectivity index (χ3v) is 3.41. The van der Waals surface area contributed by atoms with Gasteiger partial charge >= 0.3 is 62.7 Å². The summed E-state index contributed by atoms with van der Waals surface area (Å²) in [5.41, 5.74) is 0. The number of alkyl halides is 1. The van der Waals surface area contributed by atoms with Gasteiger partial charge in [0, 0.05) is 0 Å². The van der Waals surface area contributed by atoms with Crippen LogP contribution >= 0.6 is 0 Å². The van der Waals surface area contributed by atoms with Crippen LogP contribution in [0.1, 0.15) is 26.7 Å². The molecule has 0 unspecified atom stereocenters. The molecule has 0 aromatic heterocycles. The van der Waals surface area contributed by atoms with Crippen LogP contribution in [0.4, 0.5) is 0 Å². The van der Waals surface area contributed by atoms with E-state index < -0.39 is 0 Å². The molecule has 0 fully saturated rings. The summed E-state index contributed by atoms with van der Waals surface area (Å²) in [6.45, 7) is 5.58. The zero-order valence-corrected chi connectivity index (χ0v) is 7.86. The minimum atomic E-state index is 0.368. The van der Waals surface area contributed by atoms with E-state index in [1.165, 1.54) is 17.3 Å². The van der Waals surface area contributed by atoms with E-state index in [1.54, 1.807) is 0 Å². The molecule has 8 heavy (non-hydrogen) atoms. The van der Waals surface area contributed by atoms with Crippen LogP contribution in [0, 0.1) is 0 Å². The Kier molecular flexibility index (Phi) is 8.35. The first-order valence-corrected chi connectivity index (χ1v) is 5.83. The van der Waals surface area contributed by atoms with Crippen molar-refractivity contribution in [2.75, 3.05) is 11.0 Å². The number of halogens is 1. The monoisotopic (exact) mass is 228 g/mol. The fourth-order valence-electron chi connectivity index (χ4n) is 0.362. The van der Waals surface area contributed by atoms with Crippen LogP contribution in [0.2, 0.25) is 0 Å². The van der Waals surface area contributed by atoms with Gasteiger partial charge in [-0.3, -0.25) is 0 Å². The summed E-state index contributed by atoms with van der Waals surface area (Å²) in [7, 11) is 0. The van der Waals surface area contributed by atoms with Gasteiger partial charge in [-0.05, 0) is 0 Å². The second kappa shape index (κ2) is 7.69. The van der Waals surface area contributed by atoms with Crippen molar-refractivity contribution in [2.45, 2.75) is 26.7 Å². The Morgan fingerprint density at radius 1 is 1.38 bits per heavy atom. The van der Waals surface area contributed by atoms with E-state index in [0.29, 0.717) is 21.5 Å². The Bertz CT molecular complexity index is 33.5. The Labute approximate surface area is 62.9 Å². The minimum absolute atomic E-state index is 0.368. The van der Waals surface area contributed by atoms with E-state index in [4.69, 9.17) is 0 Å².